The van der Waals surface area contributed by atoms with Crippen LogP contribution in [0, 0.1) is 0 Å². The van der Waals surface area contributed by atoms with Crippen molar-refractivity contribution in [1.29, 1.82) is 0 Å². The van der Waals surface area contributed by atoms with Crippen LogP contribution in [0.1, 0.15) is 11.1 Å². The van der Waals surface area contributed by atoms with Crippen LogP contribution in [0.4, 0.5) is 5.69 Å². The number of ether oxygens (including phenoxy) is 1. The first-order chi connectivity index (χ1) is 9.28. The van der Waals surface area contributed by atoms with Crippen LogP contribution in [0.25, 0.3) is 0 Å². The van der Waals surface area contributed by atoms with Crippen LogP contribution in [0.5, 0.6) is 0 Å². The Morgan fingerprint density at radius 1 is 1.11 bits per heavy atom. The lowest BCUT2D eigenvalue weighted by atomic mass is 10.1. The molecule has 1 aromatic carbocycles. The second-order valence-corrected chi connectivity index (χ2v) is 4.21. The zero-order chi connectivity index (χ0) is 13.5. The Kier molecular flexibility index (Phi) is 4.64. The lowest BCUT2D eigenvalue weighted by Crippen LogP contribution is -2.16. The molecular weight excluding hydrogens is 240 g/mol. The topological polar surface area (TPSA) is 51.2 Å². The molecule has 4 heteroatoms. The summed E-state index contributed by atoms with van der Waals surface area (Å²) < 4.78 is 4.76. The van der Waals surface area contributed by atoms with Gasteiger partial charge in [-0.3, -0.25) is 9.78 Å². The summed E-state index contributed by atoms with van der Waals surface area (Å²) in [5.41, 5.74) is 3.18. The molecule has 0 fully saturated rings. The molecule has 2 rings (SSSR count). The first kappa shape index (κ1) is 13.2. The standard InChI is InChI=1S/C15H16N2O2/c1-19-11-15(18)17-14-4-2-12(3-5-14)10-13-6-8-16-9-7-13/h2-9H,10-11H2,1H3,(H,17,18). The van der Waals surface area contributed by atoms with Crippen molar-refractivity contribution in [3.63, 3.8) is 0 Å². The SMILES string of the molecule is COCC(=O)Nc1ccc(Cc2ccncc2)cc1. The highest BCUT2D eigenvalue weighted by Gasteiger charge is 2.01. The Morgan fingerprint density at radius 2 is 1.74 bits per heavy atom. The van der Waals surface area contributed by atoms with Gasteiger partial charge >= 0.3 is 0 Å². The van der Waals surface area contributed by atoms with Crippen LogP contribution in [-0.4, -0.2) is 24.6 Å². The number of anilines is 1. The van der Waals surface area contributed by atoms with Gasteiger partial charge in [0.1, 0.15) is 6.61 Å². The van der Waals surface area contributed by atoms with E-state index in [1.165, 1.54) is 18.2 Å². The summed E-state index contributed by atoms with van der Waals surface area (Å²) in [6, 6.07) is 11.8. The highest BCUT2D eigenvalue weighted by Crippen LogP contribution is 2.13. The third-order valence-corrected chi connectivity index (χ3v) is 2.67. The molecule has 0 radical (unpaired) electrons. The second-order valence-electron chi connectivity index (χ2n) is 4.21. The maximum Gasteiger partial charge on any atom is 0.250 e. The van der Waals surface area contributed by atoms with E-state index < -0.39 is 0 Å². The number of rotatable bonds is 5. The monoisotopic (exact) mass is 256 g/mol. The van der Waals surface area contributed by atoms with Gasteiger partial charge in [0.25, 0.3) is 0 Å². The molecule has 0 unspecified atom stereocenters. The average Bonchev–Trinajstić information content (AvgIpc) is 2.42. The molecule has 0 saturated carbocycles. The van der Waals surface area contributed by atoms with Crippen molar-refractivity contribution in [2.24, 2.45) is 0 Å². The molecule has 0 saturated heterocycles. The molecule has 0 aliphatic rings. The van der Waals surface area contributed by atoms with Gasteiger partial charge in [0.05, 0.1) is 0 Å². The van der Waals surface area contributed by atoms with Gasteiger partial charge in [-0.05, 0) is 41.8 Å². The van der Waals surface area contributed by atoms with Gasteiger partial charge in [-0.25, -0.2) is 0 Å². The van der Waals surface area contributed by atoms with E-state index in [4.69, 9.17) is 4.74 Å². The van der Waals surface area contributed by atoms with E-state index in [1.54, 1.807) is 12.4 Å². The van der Waals surface area contributed by atoms with Crippen molar-refractivity contribution in [1.82, 2.24) is 4.98 Å². The zero-order valence-corrected chi connectivity index (χ0v) is 10.8. The number of hydrogen-bond donors (Lipinski definition) is 1. The zero-order valence-electron chi connectivity index (χ0n) is 10.8. The Hall–Kier alpha value is -2.20. The lowest BCUT2D eigenvalue weighted by Gasteiger charge is -2.06. The fraction of sp³-hybridized carbons (Fsp3) is 0.200. The van der Waals surface area contributed by atoms with Crippen LogP contribution < -0.4 is 5.32 Å². The number of pyridine rings is 1. The van der Waals surface area contributed by atoms with Gasteiger partial charge < -0.3 is 10.1 Å². The van der Waals surface area contributed by atoms with Gasteiger partial charge in [-0.2, -0.15) is 0 Å². The maximum absolute atomic E-state index is 11.3. The summed E-state index contributed by atoms with van der Waals surface area (Å²) in [6.07, 6.45) is 4.43. The third-order valence-electron chi connectivity index (χ3n) is 2.67. The van der Waals surface area contributed by atoms with Crippen LogP contribution in [0.2, 0.25) is 0 Å². The van der Waals surface area contributed by atoms with Crippen LogP contribution >= 0.6 is 0 Å². The highest BCUT2D eigenvalue weighted by atomic mass is 16.5. The smallest absolute Gasteiger partial charge is 0.250 e. The molecule has 1 heterocycles. The molecule has 1 amide bonds. The number of aromatic nitrogens is 1. The molecule has 1 aromatic heterocycles. The number of benzene rings is 1. The fourth-order valence-corrected chi connectivity index (χ4v) is 1.77. The summed E-state index contributed by atoms with van der Waals surface area (Å²) in [6.45, 7) is 0.0682. The quantitative estimate of drug-likeness (QED) is 0.892. The average molecular weight is 256 g/mol. The highest BCUT2D eigenvalue weighted by molar-refractivity contribution is 5.91. The summed E-state index contributed by atoms with van der Waals surface area (Å²) in [4.78, 5) is 15.3. The normalized spacial score (nSPS) is 10.2. The van der Waals surface area contributed by atoms with E-state index in [-0.39, 0.29) is 12.5 Å². The minimum atomic E-state index is -0.149. The number of methoxy groups -OCH3 is 1. The van der Waals surface area contributed by atoms with Gasteiger partial charge in [0, 0.05) is 25.2 Å². The van der Waals surface area contributed by atoms with Crippen molar-refractivity contribution in [3.05, 3.63) is 59.9 Å². The van der Waals surface area contributed by atoms with Gasteiger partial charge in [-0.1, -0.05) is 12.1 Å². The van der Waals surface area contributed by atoms with Gasteiger partial charge in [0.2, 0.25) is 5.91 Å². The molecule has 1 N–H and O–H groups in total. The first-order valence-electron chi connectivity index (χ1n) is 6.04. The Morgan fingerprint density at radius 3 is 2.37 bits per heavy atom. The molecule has 4 nitrogen and oxygen atoms in total. The minimum absolute atomic E-state index is 0.0682. The van der Waals surface area contributed by atoms with Gasteiger partial charge in [-0.15, -0.1) is 0 Å². The number of nitrogens with one attached hydrogen (secondary N) is 1. The summed E-state index contributed by atoms with van der Waals surface area (Å²) in [5, 5.41) is 2.76. The van der Waals surface area contributed by atoms with E-state index in [0.717, 1.165) is 12.1 Å². The first-order valence-corrected chi connectivity index (χ1v) is 6.04. The van der Waals surface area contributed by atoms with E-state index >= 15 is 0 Å². The molecular formula is C15H16N2O2. The molecule has 2 aromatic rings. The van der Waals surface area contributed by atoms with E-state index in [9.17, 15) is 4.79 Å². The van der Waals surface area contributed by atoms with Crippen molar-refractivity contribution in [2.75, 3.05) is 19.0 Å². The van der Waals surface area contributed by atoms with Crippen LogP contribution in [0.3, 0.4) is 0 Å². The fourth-order valence-electron chi connectivity index (χ4n) is 1.77. The predicted molar refractivity (Wildman–Crippen MR) is 74.0 cm³/mol. The molecule has 0 atom stereocenters. The minimum Gasteiger partial charge on any atom is -0.375 e. The van der Waals surface area contributed by atoms with Crippen molar-refractivity contribution < 1.29 is 9.53 Å². The number of amides is 1. The van der Waals surface area contributed by atoms with Crippen molar-refractivity contribution in [2.45, 2.75) is 6.42 Å². The molecule has 0 bridgehead atoms. The number of carbonyl (C=O) groups excluding carboxylic acids is 1. The van der Waals surface area contributed by atoms with Crippen LogP contribution in [0.15, 0.2) is 48.8 Å². The van der Waals surface area contributed by atoms with E-state index in [0.29, 0.717) is 0 Å². The lowest BCUT2D eigenvalue weighted by molar-refractivity contribution is -0.119. The van der Waals surface area contributed by atoms with E-state index in [2.05, 4.69) is 10.3 Å². The number of carbonyl (C=O) groups is 1. The molecule has 0 spiro atoms. The summed E-state index contributed by atoms with van der Waals surface area (Å²) in [7, 11) is 1.50. The summed E-state index contributed by atoms with van der Waals surface area (Å²) in [5.74, 6) is -0.149. The molecule has 0 aliphatic heterocycles. The predicted octanol–water partition coefficient (Wildman–Crippen LogP) is 2.26. The molecule has 19 heavy (non-hydrogen) atoms. The summed E-state index contributed by atoms with van der Waals surface area (Å²) >= 11 is 0. The van der Waals surface area contributed by atoms with Crippen molar-refractivity contribution >= 4 is 11.6 Å². The number of nitrogens with zero attached hydrogens (tertiary/aromatic N) is 1. The molecule has 98 valence electrons. The largest absolute Gasteiger partial charge is 0.375 e. The van der Waals surface area contributed by atoms with E-state index in [1.807, 2.05) is 36.4 Å². The van der Waals surface area contributed by atoms with Gasteiger partial charge in [0.15, 0.2) is 0 Å². The Bertz CT molecular complexity index is 524. The maximum atomic E-state index is 11.3. The van der Waals surface area contributed by atoms with Crippen molar-refractivity contribution in [3.8, 4) is 0 Å². The van der Waals surface area contributed by atoms with Crippen LogP contribution in [-0.2, 0) is 16.0 Å². The Labute approximate surface area is 112 Å². The third kappa shape index (κ3) is 4.19. The second kappa shape index (κ2) is 6.66. The Balaban J connectivity index is 1.97. The number of hydrogen-bond acceptors (Lipinski definition) is 3. The molecule has 0 aliphatic carbocycles.